The topological polar surface area (TPSA) is 83.8 Å². The number of ether oxygens (including phenoxy) is 1. The minimum absolute atomic E-state index is 0.231. The Hall–Kier alpha value is -1.47. The minimum atomic E-state index is -5.08. The first-order valence-electron chi connectivity index (χ1n) is 2.87. The lowest BCUT2D eigenvalue weighted by atomic mass is 10.7. The Bertz CT molecular complexity index is 175. The Kier molecular flexibility index (Phi) is 6.60. The lowest BCUT2D eigenvalue weighted by Gasteiger charge is -1.93. The van der Waals surface area contributed by atoms with Crippen LogP contribution in [0.15, 0.2) is 0 Å². The average Bonchev–Trinajstić information content (AvgIpc) is 1.85. The zero-order chi connectivity index (χ0) is 11.1. The SMILES string of the molecule is CCOC(=O)O.O=C(O)C(F)(F)F. The van der Waals surface area contributed by atoms with E-state index in [0.717, 1.165) is 0 Å². The van der Waals surface area contributed by atoms with Crippen molar-refractivity contribution in [3.8, 4) is 0 Å². The summed E-state index contributed by atoms with van der Waals surface area (Å²) in [6.07, 6.45) is -6.29. The zero-order valence-electron chi connectivity index (χ0n) is 6.46. The summed E-state index contributed by atoms with van der Waals surface area (Å²) in [5.41, 5.74) is 0. The molecule has 0 spiro atoms. The van der Waals surface area contributed by atoms with Gasteiger partial charge in [-0.15, -0.1) is 0 Å². The first-order valence-corrected chi connectivity index (χ1v) is 2.87. The van der Waals surface area contributed by atoms with Crippen LogP contribution in [0.1, 0.15) is 6.92 Å². The highest BCUT2D eigenvalue weighted by atomic mass is 19.4. The number of carbonyl (C=O) groups is 2. The fourth-order valence-electron chi connectivity index (χ4n) is 0.123. The van der Waals surface area contributed by atoms with E-state index in [1.54, 1.807) is 6.92 Å². The summed E-state index contributed by atoms with van der Waals surface area (Å²) >= 11 is 0. The largest absolute Gasteiger partial charge is 0.505 e. The van der Waals surface area contributed by atoms with Crippen LogP contribution in [-0.2, 0) is 9.53 Å². The Labute approximate surface area is 70.7 Å². The van der Waals surface area contributed by atoms with Crippen LogP contribution < -0.4 is 0 Å². The van der Waals surface area contributed by atoms with Crippen LogP contribution in [0.25, 0.3) is 0 Å². The molecule has 5 nitrogen and oxygen atoms in total. The Morgan fingerprint density at radius 2 is 1.62 bits per heavy atom. The van der Waals surface area contributed by atoms with Gasteiger partial charge in [0.1, 0.15) is 0 Å². The summed E-state index contributed by atoms with van der Waals surface area (Å²) in [5.74, 6) is -2.76. The predicted molar refractivity (Wildman–Crippen MR) is 33.3 cm³/mol. The van der Waals surface area contributed by atoms with Gasteiger partial charge in [0.25, 0.3) is 0 Å². The van der Waals surface area contributed by atoms with E-state index < -0.39 is 18.3 Å². The lowest BCUT2D eigenvalue weighted by Crippen LogP contribution is -2.21. The Morgan fingerprint density at radius 1 is 1.31 bits per heavy atom. The summed E-state index contributed by atoms with van der Waals surface area (Å²) in [6, 6.07) is 0. The van der Waals surface area contributed by atoms with E-state index >= 15 is 0 Å². The molecular formula is C5H7F3O5. The Morgan fingerprint density at radius 3 is 1.62 bits per heavy atom. The van der Waals surface area contributed by atoms with Crippen molar-refractivity contribution in [2.24, 2.45) is 0 Å². The van der Waals surface area contributed by atoms with E-state index in [1.807, 2.05) is 0 Å². The molecule has 0 aromatic rings. The molecule has 0 aromatic heterocycles. The molecule has 0 aromatic carbocycles. The van der Waals surface area contributed by atoms with Crippen LogP contribution >= 0.6 is 0 Å². The number of rotatable bonds is 1. The van der Waals surface area contributed by atoms with Crippen molar-refractivity contribution in [3.63, 3.8) is 0 Å². The molecule has 0 rings (SSSR count). The second kappa shape index (κ2) is 6.09. The van der Waals surface area contributed by atoms with E-state index in [1.165, 1.54) is 0 Å². The standard InChI is InChI=1S/C3H6O3.C2HF3O2/c1-2-6-3(4)5;3-2(4,5)1(6)7/h2H2,1H3,(H,4,5);(H,6,7). The van der Waals surface area contributed by atoms with Gasteiger partial charge in [-0.25, -0.2) is 9.59 Å². The Balaban J connectivity index is 0. The van der Waals surface area contributed by atoms with Gasteiger partial charge in [-0.1, -0.05) is 0 Å². The number of carboxylic acid groups (broad SMARTS) is 2. The van der Waals surface area contributed by atoms with Crippen LogP contribution in [0.4, 0.5) is 18.0 Å². The van der Waals surface area contributed by atoms with Crippen LogP contribution in [0.5, 0.6) is 0 Å². The number of hydrogen-bond donors (Lipinski definition) is 2. The minimum Gasteiger partial charge on any atom is -0.475 e. The fourth-order valence-corrected chi connectivity index (χ4v) is 0.123. The average molecular weight is 204 g/mol. The molecule has 0 aliphatic rings. The molecular weight excluding hydrogens is 197 g/mol. The third-order valence-electron chi connectivity index (χ3n) is 0.510. The normalized spacial score (nSPS) is 9.54. The van der Waals surface area contributed by atoms with Gasteiger partial charge < -0.3 is 14.9 Å². The molecule has 0 saturated carbocycles. The molecule has 0 amide bonds. The van der Waals surface area contributed by atoms with E-state index in [-0.39, 0.29) is 6.61 Å². The van der Waals surface area contributed by atoms with Gasteiger partial charge in [0, 0.05) is 0 Å². The fraction of sp³-hybridized carbons (Fsp3) is 0.600. The highest BCUT2D eigenvalue weighted by Gasteiger charge is 2.38. The summed E-state index contributed by atoms with van der Waals surface area (Å²) in [7, 11) is 0. The van der Waals surface area contributed by atoms with Gasteiger partial charge in [-0.2, -0.15) is 13.2 Å². The van der Waals surface area contributed by atoms with E-state index in [4.69, 9.17) is 15.0 Å². The zero-order valence-corrected chi connectivity index (χ0v) is 6.46. The summed E-state index contributed by atoms with van der Waals surface area (Å²) in [5, 5.41) is 14.8. The van der Waals surface area contributed by atoms with Gasteiger partial charge in [0.05, 0.1) is 6.61 Å². The number of alkyl halides is 3. The van der Waals surface area contributed by atoms with Gasteiger partial charge >= 0.3 is 18.3 Å². The molecule has 78 valence electrons. The third-order valence-corrected chi connectivity index (χ3v) is 0.510. The number of hydrogen-bond acceptors (Lipinski definition) is 3. The maximum absolute atomic E-state index is 10.6. The van der Waals surface area contributed by atoms with Crippen molar-refractivity contribution in [2.75, 3.05) is 6.61 Å². The second-order valence-electron chi connectivity index (χ2n) is 1.50. The molecule has 0 bridgehead atoms. The smallest absolute Gasteiger partial charge is 0.475 e. The van der Waals surface area contributed by atoms with Crippen molar-refractivity contribution in [3.05, 3.63) is 0 Å². The summed E-state index contributed by atoms with van der Waals surface area (Å²) in [4.78, 5) is 18.3. The van der Waals surface area contributed by atoms with Gasteiger partial charge in [-0.05, 0) is 6.92 Å². The van der Waals surface area contributed by atoms with E-state index in [9.17, 15) is 18.0 Å². The van der Waals surface area contributed by atoms with Crippen LogP contribution in [0.3, 0.4) is 0 Å². The summed E-state index contributed by atoms with van der Waals surface area (Å²) in [6.45, 7) is 1.85. The highest BCUT2D eigenvalue weighted by molar-refractivity contribution is 5.73. The van der Waals surface area contributed by atoms with Crippen molar-refractivity contribution in [1.82, 2.24) is 0 Å². The molecule has 2 N–H and O–H groups in total. The van der Waals surface area contributed by atoms with Crippen molar-refractivity contribution in [2.45, 2.75) is 13.1 Å². The molecule has 8 heteroatoms. The van der Waals surface area contributed by atoms with E-state index in [0.29, 0.717) is 0 Å². The maximum Gasteiger partial charge on any atom is 0.505 e. The lowest BCUT2D eigenvalue weighted by molar-refractivity contribution is -0.192. The molecule has 0 aliphatic carbocycles. The number of carboxylic acids is 1. The van der Waals surface area contributed by atoms with Crippen molar-refractivity contribution >= 4 is 12.1 Å². The van der Waals surface area contributed by atoms with Gasteiger partial charge in [0.2, 0.25) is 0 Å². The van der Waals surface area contributed by atoms with Crippen molar-refractivity contribution in [1.29, 1.82) is 0 Å². The molecule has 0 atom stereocenters. The van der Waals surface area contributed by atoms with Crippen molar-refractivity contribution < 1.29 is 37.7 Å². The quantitative estimate of drug-likeness (QED) is 0.629. The van der Waals surface area contributed by atoms with Crippen LogP contribution in [0, 0.1) is 0 Å². The van der Waals surface area contributed by atoms with E-state index in [2.05, 4.69) is 4.74 Å². The predicted octanol–water partition coefficient (Wildman–Crippen LogP) is 1.33. The third kappa shape index (κ3) is 13.5. The first kappa shape index (κ1) is 14.1. The molecule has 0 radical (unpaired) electrons. The highest BCUT2D eigenvalue weighted by Crippen LogP contribution is 2.13. The van der Waals surface area contributed by atoms with Crippen LogP contribution in [0.2, 0.25) is 0 Å². The first-order chi connectivity index (χ1) is 5.71. The molecule has 0 fully saturated rings. The molecule has 0 saturated heterocycles. The number of halogens is 3. The molecule has 0 aliphatic heterocycles. The summed E-state index contributed by atoms with van der Waals surface area (Å²) < 4.78 is 35.7. The van der Waals surface area contributed by atoms with Crippen LogP contribution in [-0.4, -0.2) is 35.1 Å². The maximum atomic E-state index is 10.6. The molecule has 0 heterocycles. The van der Waals surface area contributed by atoms with Gasteiger partial charge in [0.15, 0.2) is 0 Å². The molecule has 13 heavy (non-hydrogen) atoms. The molecule has 0 unspecified atom stereocenters. The second-order valence-corrected chi connectivity index (χ2v) is 1.50. The number of aliphatic carboxylic acids is 1. The monoisotopic (exact) mass is 204 g/mol. The van der Waals surface area contributed by atoms with Gasteiger partial charge in [-0.3, -0.25) is 0 Å².